The topological polar surface area (TPSA) is 68.8 Å². The number of aromatic nitrogens is 3. The molecule has 0 spiro atoms. The molecule has 19 heavy (non-hydrogen) atoms. The van der Waals surface area contributed by atoms with Gasteiger partial charge in [0.05, 0.1) is 5.69 Å². The van der Waals surface area contributed by atoms with Crippen molar-refractivity contribution in [3.05, 3.63) is 28.2 Å². The fourth-order valence-electron chi connectivity index (χ4n) is 1.73. The van der Waals surface area contributed by atoms with Crippen LogP contribution in [-0.4, -0.2) is 21.3 Å². The molecule has 0 unspecified atom stereocenters. The Morgan fingerprint density at radius 1 is 1.42 bits per heavy atom. The fraction of sp³-hybridized carbons (Fsp3) is 0.385. The van der Waals surface area contributed by atoms with Gasteiger partial charge >= 0.3 is 0 Å². The number of nitrogens with one attached hydrogen (secondary N) is 1. The van der Waals surface area contributed by atoms with Gasteiger partial charge < -0.3 is 11.1 Å². The number of rotatable bonds is 4. The molecule has 0 aliphatic heterocycles. The number of hydrogen-bond acceptors (Lipinski definition) is 4. The van der Waals surface area contributed by atoms with Crippen LogP contribution in [0.15, 0.2) is 22.7 Å². The van der Waals surface area contributed by atoms with Gasteiger partial charge in [0, 0.05) is 11.0 Å². The number of nitrogen functional groups attached to an aromatic ring is 1. The van der Waals surface area contributed by atoms with E-state index >= 15 is 0 Å². The zero-order valence-corrected chi connectivity index (χ0v) is 12.9. The molecule has 0 aliphatic carbocycles. The summed E-state index contributed by atoms with van der Waals surface area (Å²) in [6.45, 7) is 7.10. The van der Waals surface area contributed by atoms with Crippen LogP contribution in [0.25, 0.3) is 5.69 Å². The Bertz CT molecular complexity index is 576. The molecule has 3 N–H and O–H groups in total. The second-order valence-corrected chi connectivity index (χ2v) is 5.83. The van der Waals surface area contributed by atoms with Crippen LogP contribution in [0.4, 0.5) is 11.9 Å². The lowest BCUT2D eigenvalue weighted by Crippen LogP contribution is -2.09. The molecule has 0 fully saturated rings. The van der Waals surface area contributed by atoms with E-state index in [1.165, 1.54) is 0 Å². The molecule has 0 amide bonds. The molecule has 1 aromatic heterocycles. The lowest BCUT2D eigenvalue weighted by molar-refractivity contribution is 0.684. The van der Waals surface area contributed by atoms with Crippen molar-refractivity contribution in [2.75, 3.05) is 17.6 Å². The maximum absolute atomic E-state index is 5.92. The summed E-state index contributed by atoms with van der Waals surface area (Å²) in [5, 5.41) is 7.57. The number of nitrogens with two attached hydrogens (primary N) is 1. The molecule has 1 aromatic carbocycles. The van der Waals surface area contributed by atoms with Gasteiger partial charge in [-0.3, -0.25) is 0 Å². The largest absolute Gasteiger partial charge is 0.368 e. The molecule has 0 bridgehead atoms. The quantitative estimate of drug-likeness (QED) is 0.907. The van der Waals surface area contributed by atoms with Crippen LogP contribution in [-0.2, 0) is 0 Å². The van der Waals surface area contributed by atoms with Crippen LogP contribution in [0.1, 0.15) is 19.4 Å². The summed E-state index contributed by atoms with van der Waals surface area (Å²) < 4.78 is 2.69. The van der Waals surface area contributed by atoms with E-state index in [-0.39, 0.29) is 0 Å². The van der Waals surface area contributed by atoms with Crippen LogP contribution < -0.4 is 11.1 Å². The summed E-state index contributed by atoms with van der Waals surface area (Å²) >= 11 is 3.44. The van der Waals surface area contributed by atoms with Crippen LogP contribution in [0.3, 0.4) is 0 Å². The smallest absolute Gasteiger partial charge is 0.244 e. The molecule has 0 atom stereocenters. The molecule has 6 heteroatoms. The number of aryl methyl sites for hydroxylation is 1. The monoisotopic (exact) mass is 323 g/mol. The molecule has 2 aromatic rings. The standard InChI is InChI=1S/C13H18BrN5/c1-8(2)7-16-13-17-12(15)19(18-13)11-5-4-10(14)6-9(11)3/h4-6,8H,7H2,1-3H3,(H3,15,16,17,18). The summed E-state index contributed by atoms with van der Waals surface area (Å²) in [4.78, 5) is 4.23. The van der Waals surface area contributed by atoms with Crippen molar-refractivity contribution in [3.8, 4) is 5.69 Å². The summed E-state index contributed by atoms with van der Waals surface area (Å²) in [6.07, 6.45) is 0. The average molecular weight is 324 g/mol. The molecular weight excluding hydrogens is 306 g/mol. The molecule has 0 saturated carbocycles. The van der Waals surface area contributed by atoms with Crippen LogP contribution in [0.2, 0.25) is 0 Å². The van der Waals surface area contributed by atoms with E-state index in [4.69, 9.17) is 5.73 Å². The zero-order chi connectivity index (χ0) is 14.0. The van der Waals surface area contributed by atoms with Gasteiger partial charge in [0.1, 0.15) is 0 Å². The minimum Gasteiger partial charge on any atom is -0.368 e. The van der Waals surface area contributed by atoms with E-state index in [0.29, 0.717) is 17.8 Å². The maximum Gasteiger partial charge on any atom is 0.244 e. The average Bonchev–Trinajstić information content (AvgIpc) is 2.68. The SMILES string of the molecule is Cc1cc(Br)ccc1-n1nc(NCC(C)C)nc1N. The second-order valence-electron chi connectivity index (χ2n) is 4.91. The number of hydrogen-bond donors (Lipinski definition) is 2. The van der Waals surface area contributed by atoms with Gasteiger partial charge in [-0.25, -0.2) is 0 Å². The van der Waals surface area contributed by atoms with Crippen molar-refractivity contribution < 1.29 is 0 Å². The van der Waals surface area contributed by atoms with E-state index in [2.05, 4.69) is 45.2 Å². The first-order valence-electron chi connectivity index (χ1n) is 6.20. The van der Waals surface area contributed by atoms with E-state index in [1.807, 2.05) is 25.1 Å². The third-order valence-corrected chi connectivity index (χ3v) is 3.18. The van der Waals surface area contributed by atoms with Crippen molar-refractivity contribution in [2.24, 2.45) is 5.92 Å². The van der Waals surface area contributed by atoms with Crippen molar-refractivity contribution in [3.63, 3.8) is 0 Å². The summed E-state index contributed by atoms with van der Waals surface area (Å²) in [6, 6.07) is 5.96. The van der Waals surface area contributed by atoms with Crippen LogP contribution in [0, 0.1) is 12.8 Å². The maximum atomic E-state index is 5.92. The first-order chi connectivity index (χ1) is 8.97. The van der Waals surface area contributed by atoms with Crippen molar-refractivity contribution in [1.82, 2.24) is 14.8 Å². The molecule has 2 rings (SSSR count). The minimum absolute atomic E-state index is 0.386. The molecule has 102 valence electrons. The highest BCUT2D eigenvalue weighted by Crippen LogP contribution is 2.21. The lowest BCUT2D eigenvalue weighted by Gasteiger charge is -2.07. The van der Waals surface area contributed by atoms with Gasteiger partial charge in [-0.05, 0) is 36.6 Å². The highest BCUT2D eigenvalue weighted by atomic mass is 79.9. The third-order valence-electron chi connectivity index (χ3n) is 2.69. The molecule has 1 heterocycles. The molecule has 0 radical (unpaired) electrons. The van der Waals surface area contributed by atoms with Gasteiger partial charge in [-0.1, -0.05) is 29.8 Å². The van der Waals surface area contributed by atoms with Gasteiger partial charge in [0.2, 0.25) is 11.9 Å². The van der Waals surface area contributed by atoms with Crippen molar-refractivity contribution >= 4 is 27.8 Å². The Labute approximate surface area is 121 Å². The van der Waals surface area contributed by atoms with Gasteiger partial charge in [0.25, 0.3) is 0 Å². The number of halogens is 1. The van der Waals surface area contributed by atoms with Gasteiger partial charge in [-0.2, -0.15) is 9.67 Å². The van der Waals surface area contributed by atoms with Gasteiger partial charge in [-0.15, -0.1) is 5.10 Å². The Kier molecular flexibility index (Phi) is 4.09. The molecule has 0 aliphatic rings. The lowest BCUT2D eigenvalue weighted by atomic mass is 10.2. The first-order valence-corrected chi connectivity index (χ1v) is 6.99. The number of nitrogens with zero attached hydrogens (tertiary/aromatic N) is 3. The highest BCUT2D eigenvalue weighted by molar-refractivity contribution is 9.10. The van der Waals surface area contributed by atoms with E-state index < -0.39 is 0 Å². The number of benzene rings is 1. The minimum atomic E-state index is 0.386. The van der Waals surface area contributed by atoms with Crippen LogP contribution >= 0.6 is 15.9 Å². The van der Waals surface area contributed by atoms with Crippen molar-refractivity contribution in [2.45, 2.75) is 20.8 Å². The third kappa shape index (κ3) is 3.26. The zero-order valence-electron chi connectivity index (χ0n) is 11.3. The Balaban J connectivity index is 2.29. The fourth-order valence-corrected chi connectivity index (χ4v) is 2.20. The molecule has 0 saturated heterocycles. The van der Waals surface area contributed by atoms with E-state index in [9.17, 15) is 0 Å². The van der Waals surface area contributed by atoms with Crippen molar-refractivity contribution in [1.29, 1.82) is 0 Å². The molecule has 5 nitrogen and oxygen atoms in total. The molecular formula is C13H18BrN5. The van der Waals surface area contributed by atoms with E-state index in [0.717, 1.165) is 22.3 Å². The van der Waals surface area contributed by atoms with Gasteiger partial charge in [0.15, 0.2) is 0 Å². The van der Waals surface area contributed by atoms with Crippen LogP contribution in [0.5, 0.6) is 0 Å². The predicted molar refractivity (Wildman–Crippen MR) is 81.5 cm³/mol. The number of anilines is 2. The highest BCUT2D eigenvalue weighted by Gasteiger charge is 2.11. The predicted octanol–water partition coefficient (Wildman–Crippen LogP) is 2.99. The normalized spacial score (nSPS) is 11.0. The Morgan fingerprint density at radius 2 is 2.16 bits per heavy atom. The Morgan fingerprint density at radius 3 is 2.79 bits per heavy atom. The Hall–Kier alpha value is -1.56. The first kappa shape index (κ1) is 13.9. The summed E-state index contributed by atoms with van der Waals surface area (Å²) in [7, 11) is 0. The summed E-state index contributed by atoms with van der Waals surface area (Å²) in [5.41, 5.74) is 7.94. The van der Waals surface area contributed by atoms with E-state index in [1.54, 1.807) is 4.68 Å². The summed E-state index contributed by atoms with van der Waals surface area (Å²) in [5.74, 6) is 1.48. The second kappa shape index (κ2) is 5.61.